The van der Waals surface area contributed by atoms with Gasteiger partial charge in [0, 0.05) is 6.54 Å². The molecule has 0 saturated carbocycles. The van der Waals surface area contributed by atoms with Gasteiger partial charge in [-0.05, 0) is 32.0 Å². The molecule has 0 aliphatic heterocycles. The Hall–Kier alpha value is -2.21. The van der Waals surface area contributed by atoms with Gasteiger partial charge in [0.2, 0.25) is 5.91 Å². The fourth-order valence-electron chi connectivity index (χ4n) is 2.26. The van der Waals surface area contributed by atoms with Crippen molar-refractivity contribution in [1.82, 2.24) is 25.6 Å². The smallest absolute Gasteiger partial charge is 0.242 e. The van der Waals surface area contributed by atoms with Crippen molar-refractivity contribution in [2.75, 3.05) is 7.05 Å². The Balaban J connectivity index is 1.93. The minimum absolute atomic E-state index is 0.0287. The summed E-state index contributed by atoms with van der Waals surface area (Å²) < 4.78 is 1.55. The molecule has 1 aromatic carbocycles. The average Bonchev–Trinajstić information content (AvgIpc) is 2.86. The summed E-state index contributed by atoms with van der Waals surface area (Å²) in [6, 6.07) is 8.01. The molecule has 2 rings (SSSR count). The van der Waals surface area contributed by atoms with Crippen LogP contribution < -0.4 is 10.6 Å². The lowest BCUT2D eigenvalue weighted by molar-refractivity contribution is -0.122. The maximum Gasteiger partial charge on any atom is 0.242 e. The number of hydrogen-bond acceptors (Lipinski definition) is 4. The topological polar surface area (TPSA) is 71.8 Å². The number of nitrogens with one attached hydrogen (secondary N) is 2. The molecule has 0 fully saturated rings. The van der Waals surface area contributed by atoms with Crippen molar-refractivity contribution in [3.8, 4) is 0 Å². The molecule has 21 heavy (non-hydrogen) atoms. The average molecular weight is 287 g/mol. The molecule has 1 aromatic heterocycles. The Morgan fingerprint density at radius 1 is 1.38 bits per heavy atom. The molecule has 1 heterocycles. The summed E-state index contributed by atoms with van der Waals surface area (Å²) in [5.41, 5.74) is 3.11. The zero-order valence-corrected chi connectivity index (χ0v) is 12.6. The van der Waals surface area contributed by atoms with E-state index >= 15 is 0 Å². The minimum atomic E-state index is -0.0772. The summed E-state index contributed by atoms with van der Waals surface area (Å²) in [5, 5.41) is 13.9. The van der Waals surface area contributed by atoms with E-state index in [-0.39, 0.29) is 18.5 Å². The maximum atomic E-state index is 12.1. The Labute approximate surface area is 124 Å². The lowest BCUT2D eigenvalue weighted by Gasteiger charge is -2.16. The van der Waals surface area contributed by atoms with Gasteiger partial charge in [-0.1, -0.05) is 29.5 Å². The predicted molar refractivity (Wildman–Crippen MR) is 80.5 cm³/mol. The van der Waals surface area contributed by atoms with E-state index in [1.165, 1.54) is 5.56 Å². The zero-order chi connectivity index (χ0) is 15.2. The van der Waals surface area contributed by atoms with Gasteiger partial charge in [-0.2, -0.15) is 0 Å². The summed E-state index contributed by atoms with van der Waals surface area (Å²) in [7, 11) is 1.84. The molecule has 0 spiro atoms. The molecule has 1 unspecified atom stereocenters. The predicted octanol–water partition coefficient (Wildman–Crippen LogP) is 1.18. The number of benzene rings is 1. The van der Waals surface area contributed by atoms with Crippen molar-refractivity contribution < 1.29 is 4.79 Å². The standard InChI is InChI=1S/C15H21N5O/c1-11-6-4-5-7-14(11)12(2)17-15(21)10-20-9-13(8-16-3)18-19-20/h4-7,9,12,16H,8,10H2,1-3H3,(H,17,21). The molecule has 2 N–H and O–H groups in total. The number of aryl methyl sites for hydroxylation is 1. The highest BCUT2D eigenvalue weighted by atomic mass is 16.2. The summed E-state index contributed by atoms with van der Waals surface area (Å²) >= 11 is 0. The fraction of sp³-hybridized carbons (Fsp3) is 0.400. The van der Waals surface area contributed by atoms with Crippen LogP contribution in [0.4, 0.5) is 0 Å². The van der Waals surface area contributed by atoms with E-state index in [1.807, 2.05) is 45.2 Å². The highest BCUT2D eigenvalue weighted by molar-refractivity contribution is 5.76. The number of amides is 1. The highest BCUT2D eigenvalue weighted by Gasteiger charge is 2.12. The van der Waals surface area contributed by atoms with Gasteiger partial charge in [0.05, 0.1) is 17.9 Å². The normalized spacial score (nSPS) is 12.1. The van der Waals surface area contributed by atoms with Crippen LogP contribution in [0.3, 0.4) is 0 Å². The number of nitrogens with zero attached hydrogens (tertiary/aromatic N) is 3. The van der Waals surface area contributed by atoms with Crippen LogP contribution in [-0.4, -0.2) is 27.9 Å². The SMILES string of the molecule is CNCc1cn(CC(=O)NC(C)c2ccccc2C)nn1. The van der Waals surface area contributed by atoms with Crippen molar-refractivity contribution in [3.05, 3.63) is 47.3 Å². The van der Waals surface area contributed by atoms with Crippen LogP contribution in [0.2, 0.25) is 0 Å². The molecule has 2 aromatic rings. The number of aromatic nitrogens is 3. The Kier molecular flexibility index (Phi) is 5.05. The van der Waals surface area contributed by atoms with E-state index in [4.69, 9.17) is 0 Å². The Morgan fingerprint density at radius 3 is 2.86 bits per heavy atom. The third-order valence-electron chi connectivity index (χ3n) is 3.28. The second-order valence-corrected chi connectivity index (χ2v) is 5.08. The maximum absolute atomic E-state index is 12.1. The third-order valence-corrected chi connectivity index (χ3v) is 3.28. The van der Waals surface area contributed by atoms with Crippen LogP contribution in [0.25, 0.3) is 0 Å². The lowest BCUT2D eigenvalue weighted by atomic mass is 10.0. The molecule has 0 saturated heterocycles. The van der Waals surface area contributed by atoms with Gasteiger partial charge in [-0.15, -0.1) is 5.10 Å². The first-order valence-corrected chi connectivity index (χ1v) is 6.98. The van der Waals surface area contributed by atoms with E-state index in [1.54, 1.807) is 10.9 Å². The van der Waals surface area contributed by atoms with Crippen LogP contribution in [-0.2, 0) is 17.9 Å². The molecule has 1 amide bonds. The summed E-state index contributed by atoms with van der Waals surface area (Å²) in [6.45, 7) is 4.83. The van der Waals surface area contributed by atoms with E-state index in [0.717, 1.165) is 11.3 Å². The molecule has 0 radical (unpaired) electrons. The molecular weight excluding hydrogens is 266 g/mol. The fourth-order valence-corrected chi connectivity index (χ4v) is 2.26. The number of hydrogen-bond donors (Lipinski definition) is 2. The van der Waals surface area contributed by atoms with E-state index in [2.05, 4.69) is 20.9 Å². The van der Waals surface area contributed by atoms with Gasteiger partial charge in [0.25, 0.3) is 0 Å². The molecule has 6 heteroatoms. The van der Waals surface area contributed by atoms with Crippen molar-refractivity contribution in [2.45, 2.75) is 33.0 Å². The minimum Gasteiger partial charge on any atom is -0.348 e. The molecule has 6 nitrogen and oxygen atoms in total. The number of rotatable bonds is 6. The first-order valence-electron chi connectivity index (χ1n) is 6.98. The first kappa shape index (κ1) is 15.2. The van der Waals surface area contributed by atoms with Gasteiger partial charge in [0.1, 0.15) is 6.54 Å². The van der Waals surface area contributed by atoms with Gasteiger partial charge in [0.15, 0.2) is 0 Å². The largest absolute Gasteiger partial charge is 0.348 e. The van der Waals surface area contributed by atoms with Crippen molar-refractivity contribution in [3.63, 3.8) is 0 Å². The van der Waals surface area contributed by atoms with Gasteiger partial charge in [-0.3, -0.25) is 4.79 Å². The number of carbonyl (C=O) groups excluding carboxylic acids is 1. The quantitative estimate of drug-likeness (QED) is 0.837. The van der Waals surface area contributed by atoms with Crippen LogP contribution in [0.15, 0.2) is 30.5 Å². The zero-order valence-electron chi connectivity index (χ0n) is 12.6. The number of carbonyl (C=O) groups is 1. The highest BCUT2D eigenvalue weighted by Crippen LogP contribution is 2.16. The third kappa shape index (κ3) is 4.13. The Bertz CT molecular complexity index is 608. The van der Waals surface area contributed by atoms with Crippen molar-refractivity contribution in [2.24, 2.45) is 0 Å². The monoisotopic (exact) mass is 287 g/mol. The first-order chi connectivity index (χ1) is 10.1. The van der Waals surface area contributed by atoms with Crippen LogP contribution >= 0.6 is 0 Å². The summed E-state index contributed by atoms with van der Waals surface area (Å²) in [6.07, 6.45) is 1.77. The van der Waals surface area contributed by atoms with E-state index < -0.39 is 0 Å². The van der Waals surface area contributed by atoms with E-state index in [0.29, 0.717) is 6.54 Å². The second-order valence-electron chi connectivity index (χ2n) is 5.08. The van der Waals surface area contributed by atoms with Gasteiger partial charge in [-0.25, -0.2) is 4.68 Å². The lowest BCUT2D eigenvalue weighted by Crippen LogP contribution is -2.30. The molecule has 112 valence electrons. The van der Waals surface area contributed by atoms with Crippen molar-refractivity contribution in [1.29, 1.82) is 0 Å². The summed E-state index contributed by atoms with van der Waals surface area (Å²) in [5.74, 6) is -0.0772. The van der Waals surface area contributed by atoms with Gasteiger partial charge < -0.3 is 10.6 Å². The molecule has 0 aliphatic rings. The molecular formula is C15H21N5O. The van der Waals surface area contributed by atoms with Crippen LogP contribution in [0.1, 0.15) is 29.8 Å². The summed E-state index contributed by atoms with van der Waals surface area (Å²) in [4.78, 5) is 12.1. The molecule has 0 aliphatic carbocycles. The van der Waals surface area contributed by atoms with E-state index in [9.17, 15) is 4.79 Å². The van der Waals surface area contributed by atoms with Crippen LogP contribution in [0.5, 0.6) is 0 Å². The molecule has 1 atom stereocenters. The Morgan fingerprint density at radius 2 is 2.14 bits per heavy atom. The van der Waals surface area contributed by atoms with Crippen molar-refractivity contribution >= 4 is 5.91 Å². The molecule has 0 bridgehead atoms. The van der Waals surface area contributed by atoms with Gasteiger partial charge >= 0.3 is 0 Å². The second kappa shape index (κ2) is 6.99. The van der Waals surface area contributed by atoms with Crippen LogP contribution in [0, 0.1) is 6.92 Å².